The van der Waals surface area contributed by atoms with Gasteiger partial charge in [0.2, 0.25) is 0 Å². The van der Waals surface area contributed by atoms with E-state index in [1.54, 1.807) is 4.68 Å². The number of hydrogen-bond acceptors (Lipinski definition) is 6. The number of aromatic nitrogens is 4. The van der Waals surface area contributed by atoms with E-state index in [1.165, 1.54) is 44.9 Å². The highest BCUT2D eigenvalue weighted by Crippen LogP contribution is 2.44. The van der Waals surface area contributed by atoms with E-state index in [0.717, 1.165) is 24.7 Å². The first kappa shape index (κ1) is 17.4. The van der Waals surface area contributed by atoms with Crippen molar-refractivity contribution in [2.75, 3.05) is 0 Å². The Morgan fingerprint density at radius 2 is 1.88 bits per heavy atom. The minimum Gasteiger partial charge on any atom is -0.390 e. The molecule has 2 N–H and O–H groups in total. The second-order valence-corrected chi connectivity index (χ2v) is 8.45. The molecule has 0 amide bonds. The summed E-state index contributed by atoms with van der Waals surface area (Å²) in [5.41, 5.74) is 0. The molecule has 2 aliphatic carbocycles. The van der Waals surface area contributed by atoms with Crippen LogP contribution in [0.25, 0.3) is 0 Å². The molecular formula is C18H30N4O3. The van der Waals surface area contributed by atoms with E-state index in [-0.39, 0.29) is 12.0 Å². The highest BCUT2D eigenvalue weighted by Gasteiger charge is 2.47. The highest BCUT2D eigenvalue weighted by molar-refractivity contribution is 4.94. The fourth-order valence-electron chi connectivity index (χ4n) is 5.36. The first-order valence-corrected chi connectivity index (χ1v) is 9.87. The zero-order chi connectivity index (χ0) is 17.4. The largest absolute Gasteiger partial charge is 0.390 e. The molecule has 3 unspecified atom stereocenters. The molecule has 4 rings (SSSR count). The van der Waals surface area contributed by atoms with Gasteiger partial charge in [-0.15, -0.1) is 5.10 Å². The average molecular weight is 350 g/mol. The molecule has 0 spiro atoms. The summed E-state index contributed by atoms with van der Waals surface area (Å²) in [5, 5.41) is 32.4. The molecule has 2 heterocycles. The summed E-state index contributed by atoms with van der Waals surface area (Å²) in [5.74, 6) is 1.69. The molecule has 2 saturated carbocycles. The van der Waals surface area contributed by atoms with Gasteiger partial charge in [0.1, 0.15) is 12.4 Å². The molecule has 0 radical (unpaired) electrons. The fourth-order valence-corrected chi connectivity index (χ4v) is 5.36. The summed E-state index contributed by atoms with van der Waals surface area (Å²) in [6.07, 6.45) is 9.38. The molecule has 1 aromatic rings. The molecule has 7 heteroatoms. The third-order valence-electron chi connectivity index (χ3n) is 6.78. The van der Waals surface area contributed by atoms with Crippen molar-refractivity contribution in [1.82, 2.24) is 20.2 Å². The summed E-state index contributed by atoms with van der Waals surface area (Å²) < 4.78 is 7.79. The van der Waals surface area contributed by atoms with Crippen LogP contribution in [0.4, 0.5) is 0 Å². The summed E-state index contributed by atoms with van der Waals surface area (Å²) >= 11 is 0. The molecular weight excluding hydrogens is 320 g/mol. The first-order chi connectivity index (χ1) is 12.1. The molecule has 1 aliphatic heterocycles. The minimum absolute atomic E-state index is 0.259. The molecule has 0 aromatic carbocycles. The Bertz CT molecular complexity index is 549. The lowest BCUT2D eigenvalue weighted by atomic mass is 9.84. The van der Waals surface area contributed by atoms with E-state index >= 15 is 0 Å². The van der Waals surface area contributed by atoms with Crippen molar-refractivity contribution in [2.24, 2.45) is 23.7 Å². The Kier molecular flexibility index (Phi) is 5.06. The zero-order valence-corrected chi connectivity index (χ0v) is 14.9. The van der Waals surface area contributed by atoms with E-state index in [2.05, 4.69) is 15.5 Å². The standard InChI is InChI=1S/C18H30N4O3/c1-11-15(23)16(24)17(25-18(11)22-10-19-20-21-22)14-7-6-13(9-14)8-12-4-2-3-5-12/h10-18,23-24H,2-9H2,1H3/t11-,13?,14?,15-,16-,17-,18?/m1/s1. The number of ether oxygens (including phenoxy) is 1. The van der Waals surface area contributed by atoms with E-state index in [1.807, 2.05) is 6.92 Å². The lowest BCUT2D eigenvalue weighted by Crippen LogP contribution is -2.54. The minimum atomic E-state index is -0.835. The third-order valence-corrected chi connectivity index (χ3v) is 6.78. The Labute approximate surface area is 148 Å². The van der Waals surface area contributed by atoms with Gasteiger partial charge in [-0.1, -0.05) is 39.0 Å². The van der Waals surface area contributed by atoms with Crippen LogP contribution < -0.4 is 0 Å². The van der Waals surface area contributed by atoms with Gasteiger partial charge in [0, 0.05) is 5.92 Å². The lowest BCUT2D eigenvalue weighted by molar-refractivity contribution is -0.236. The van der Waals surface area contributed by atoms with Crippen LogP contribution in [0, 0.1) is 23.7 Å². The number of hydrogen-bond donors (Lipinski definition) is 2. The fraction of sp³-hybridized carbons (Fsp3) is 0.944. The predicted molar refractivity (Wildman–Crippen MR) is 90.3 cm³/mol. The lowest BCUT2D eigenvalue weighted by Gasteiger charge is -2.43. The van der Waals surface area contributed by atoms with Crippen molar-refractivity contribution in [2.45, 2.75) is 82.8 Å². The van der Waals surface area contributed by atoms with Gasteiger partial charge >= 0.3 is 0 Å². The second kappa shape index (κ2) is 7.29. The number of nitrogens with zero attached hydrogens (tertiary/aromatic N) is 4. The van der Waals surface area contributed by atoms with Gasteiger partial charge in [0.25, 0.3) is 0 Å². The van der Waals surface area contributed by atoms with Crippen LogP contribution in [0.3, 0.4) is 0 Å². The van der Waals surface area contributed by atoms with Crippen molar-refractivity contribution < 1.29 is 14.9 Å². The van der Waals surface area contributed by atoms with Gasteiger partial charge in [0.15, 0.2) is 6.23 Å². The maximum absolute atomic E-state index is 10.6. The smallest absolute Gasteiger partial charge is 0.159 e. The predicted octanol–water partition coefficient (Wildman–Crippen LogP) is 1.92. The van der Waals surface area contributed by atoms with Crippen LogP contribution in [0.1, 0.15) is 64.5 Å². The summed E-state index contributed by atoms with van der Waals surface area (Å²) in [4.78, 5) is 0. The van der Waals surface area contributed by atoms with Crippen LogP contribution >= 0.6 is 0 Å². The van der Waals surface area contributed by atoms with Gasteiger partial charge in [-0.05, 0) is 47.4 Å². The van der Waals surface area contributed by atoms with Crippen molar-refractivity contribution in [3.8, 4) is 0 Å². The third kappa shape index (κ3) is 3.46. The normalized spacial score (nSPS) is 42.9. The second-order valence-electron chi connectivity index (χ2n) is 8.45. The van der Waals surface area contributed by atoms with E-state index in [4.69, 9.17) is 4.74 Å². The van der Waals surface area contributed by atoms with Crippen molar-refractivity contribution in [1.29, 1.82) is 0 Å². The topological polar surface area (TPSA) is 93.3 Å². The number of aliphatic hydroxyl groups excluding tert-OH is 2. The maximum atomic E-state index is 10.6. The van der Waals surface area contributed by atoms with E-state index < -0.39 is 18.4 Å². The molecule has 1 saturated heterocycles. The summed E-state index contributed by atoms with van der Waals surface area (Å²) in [6, 6.07) is 0. The first-order valence-electron chi connectivity index (χ1n) is 9.87. The van der Waals surface area contributed by atoms with Crippen LogP contribution in [0.2, 0.25) is 0 Å². The monoisotopic (exact) mass is 350 g/mol. The number of rotatable bonds is 4. The van der Waals surface area contributed by atoms with Gasteiger partial charge in [-0.3, -0.25) is 0 Å². The van der Waals surface area contributed by atoms with Crippen LogP contribution in [0.15, 0.2) is 6.33 Å². The van der Waals surface area contributed by atoms with Crippen LogP contribution in [-0.4, -0.2) is 48.7 Å². The average Bonchev–Trinajstić information content (AvgIpc) is 3.36. The molecule has 7 nitrogen and oxygen atoms in total. The van der Waals surface area contributed by atoms with Gasteiger partial charge < -0.3 is 14.9 Å². The van der Waals surface area contributed by atoms with Crippen molar-refractivity contribution >= 4 is 0 Å². The van der Waals surface area contributed by atoms with Gasteiger partial charge in [0.05, 0.1) is 12.2 Å². The van der Waals surface area contributed by atoms with E-state index in [9.17, 15) is 10.2 Å². The number of aliphatic hydroxyl groups is 2. The Morgan fingerprint density at radius 1 is 1.08 bits per heavy atom. The number of tetrazole rings is 1. The zero-order valence-electron chi connectivity index (χ0n) is 14.9. The molecule has 7 atom stereocenters. The van der Waals surface area contributed by atoms with E-state index in [0.29, 0.717) is 5.92 Å². The Morgan fingerprint density at radius 3 is 2.60 bits per heavy atom. The molecule has 25 heavy (non-hydrogen) atoms. The molecule has 140 valence electrons. The molecule has 1 aromatic heterocycles. The van der Waals surface area contributed by atoms with Crippen molar-refractivity contribution in [3.63, 3.8) is 0 Å². The Hall–Kier alpha value is -1.05. The highest BCUT2D eigenvalue weighted by atomic mass is 16.5. The summed E-state index contributed by atoms with van der Waals surface area (Å²) in [6.45, 7) is 1.87. The quantitative estimate of drug-likeness (QED) is 0.862. The summed E-state index contributed by atoms with van der Waals surface area (Å²) in [7, 11) is 0. The van der Waals surface area contributed by atoms with Crippen molar-refractivity contribution in [3.05, 3.63) is 6.33 Å². The van der Waals surface area contributed by atoms with Crippen LogP contribution in [-0.2, 0) is 4.74 Å². The molecule has 3 fully saturated rings. The Balaban J connectivity index is 1.42. The maximum Gasteiger partial charge on any atom is 0.159 e. The SMILES string of the molecule is C[C@H]1C(n2cnnn2)O[C@H](C2CCC(CC3CCCC3)C2)[C@H](O)[C@@H]1O. The molecule has 3 aliphatic rings. The van der Waals surface area contributed by atoms with Gasteiger partial charge in [-0.25, -0.2) is 4.68 Å². The van der Waals surface area contributed by atoms with Gasteiger partial charge in [-0.2, -0.15) is 0 Å². The molecule has 0 bridgehead atoms. The van der Waals surface area contributed by atoms with Crippen LogP contribution in [0.5, 0.6) is 0 Å².